The van der Waals surface area contributed by atoms with Crippen molar-refractivity contribution < 1.29 is 0 Å². The molecule has 0 spiro atoms. The van der Waals surface area contributed by atoms with Crippen LogP contribution in [0.3, 0.4) is 0 Å². The molecule has 0 amide bonds. The lowest BCUT2D eigenvalue weighted by molar-refractivity contribution is 0.568. The Morgan fingerprint density at radius 1 is 0.720 bits per heavy atom. The van der Waals surface area contributed by atoms with E-state index in [4.69, 9.17) is 0 Å². The molecule has 0 saturated heterocycles. The van der Waals surface area contributed by atoms with E-state index in [1.54, 1.807) is 52.0 Å². The minimum atomic E-state index is 0.711. The van der Waals surface area contributed by atoms with Gasteiger partial charge in [0.1, 0.15) is 0 Å². The monoisotopic (exact) mass is 382 g/mol. The summed E-state index contributed by atoms with van der Waals surface area (Å²) < 4.78 is 11.5. The molecule has 5 heteroatoms. The summed E-state index contributed by atoms with van der Waals surface area (Å²) in [5, 5.41) is 4.85. The molecule has 0 N–H and O–H groups in total. The summed E-state index contributed by atoms with van der Waals surface area (Å²) in [6.45, 7) is 7.15. The van der Waals surface area contributed by atoms with Crippen molar-refractivity contribution in [2.45, 2.75) is 51.6 Å². The van der Waals surface area contributed by atoms with Crippen LogP contribution in [0, 0.1) is 0 Å². The van der Waals surface area contributed by atoms with E-state index in [0.29, 0.717) is 11.8 Å². The van der Waals surface area contributed by atoms with Gasteiger partial charge in [-0.3, -0.25) is 0 Å². The average Bonchev–Trinajstić information content (AvgIpc) is 3.36. The molecular formula is C20H18N2S3. The third kappa shape index (κ3) is 1.42. The molecule has 2 aliphatic heterocycles. The maximum atomic E-state index is 2.67. The lowest BCUT2D eigenvalue weighted by Crippen LogP contribution is -2.11. The third-order valence-corrected chi connectivity index (χ3v) is 10.0. The van der Waals surface area contributed by atoms with Gasteiger partial charge in [-0.2, -0.15) is 0 Å². The predicted octanol–water partition coefficient (Wildman–Crippen LogP) is 7.10. The molecule has 0 saturated carbocycles. The summed E-state index contributed by atoms with van der Waals surface area (Å²) >= 11 is 6.00. The highest BCUT2D eigenvalue weighted by molar-refractivity contribution is 7.34. The number of fused-ring (bicyclic) bond motifs is 7. The highest BCUT2D eigenvalue weighted by atomic mass is 32.1. The first-order valence-electron chi connectivity index (χ1n) is 9.19. The summed E-state index contributed by atoms with van der Waals surface area (Å²) in [4.78, 5) is 0. The number of aromatic nitrogens is 2. The van der Waals surface area contributed by atoms with E-state index in [-0.39, 0.29) is 0 Å². The molecule has 0 fully saturated rings. The molecular weight excluding hydrogens is 364 g/mol. The number of aryl methyl sites for hydroxylation is 2. The first-order chi connectivity index (χ1) is 12.2. The quantitative estimate of drug-likeness (QED) is 0.270. The normalized spacial score (nSPS) is 23.0. The van der Waals surface area contributed by atoms with Crippen molar-refractivity contribution in [3.8, 4) is 0 Å². The molecule has 0 aromatic carbocycles. The van der Waals surface area contributed by atoms with E-state index in [9.17, 15) is 0 Å². The standard InChI is InChI=1S/C20H18N2S3/c1-9-3-5-21-13-11(9)7-23-17(13)19-15(21)16-20(25-19)18-14-12(8-24-18)10(2)4-6-22(14)16/h7-10H,3-6H2,1-2H3. The number of nitrogens with zero attached hydrogens (tertiary/aromatic N) is 2. The van der Waals surface area contributed by atoms with Crippen LogP contribution >= 0.6 is 34.0 Å². The highest BCUT2D eigenvalue weighted by Crippen LogP contribution is 2.53. The lowest BCUT2D eigenvalue weighted by Gasteiger charge is -2.21. The average molecular weight is 383 g/mol. The summed E-state index contributed by atoms with van der Waals surface area (Å²) in [5.74, 6) is 1.42. The molecule has 7 heterocycles. The second-order valence-corrected chi connectivity index (χ2v) is 10.7. The van der Waals surface area contributed by atoms with E-state index < -0.39 is 0 Å². The molecule has 0 aliphatic carbocycles. The van der Waals surface area contributed by atoms with Crippen molar-refractivity contribution in [3.63, 3.8) is 0 Å². The van der Waals surface area contributed by atoms with Gasteiger partial charge in [0.2, 0.25) is 0 Å². The van der Waals surface area contributed by atoms with Crippen molar-refractivity contribution >= 4 is 74.9 Å². The highest BCUT2D eigenvalue weighted by Gasteiger charge is 2.31. The minimum absolute atomic E-state index is 0.711. The molecule has 5 aromatic heterocycles. The number of thiophene rings is 3. The zero-order chi connectivity index (χ0) is 16.4. The second-order valence-electron chi connectivity index (χ2n) is 7.88. The van der Waals surface area contributed by atoms with Gasteiger partial charge in [-0.1, -0.05) is 13.8 Å². The molecule has 25 heavy (non-hydrogen) atoms. The summed E-state index contributed by atoms with van der Waals surface area (Å²) in [6, 6.07) is 0. The van der Waals surface area contributed by atoms with Crippen molar-refractivity contribution in [1.29, 1.82) is 0 Å². The van der Waals surface area contributed by atoms with Gasteiger partial charge in [-0.25, -0.2) is 0 Å². The van der Waals surface area contributed by atoms with Crippen LogP contribution in [0.5, 0.6) is 0 Å². The molecule has 0 bridgehead atoms. The number of hydrogen-bond acceptors (Lipinski definition) is 3. The Balaban J connectivity index is 1.75. The van der Waals surface area contributed by atoms with Crippen LogP contribution in [0.25, 0.3) is 40.9 Å². The van der Waals surface area contributed by atoms with Crippen LogP contribution in [0.15, 0.2) is 10.8 Å². The molecule has 126 valence electrons. The molecule has 2 atom stereocenters. The smallest absolute Gasteiger partial charge is 0.0858 e. The van der Waals surface area contributed by atoms with Gasteiger partial charge in [0.15, 0.2) is 0 Å². The fourth-order valence-electron chi connectivity index (χ4n) is 5.16. The predicted molar refractivity (Wildman–Crippen MR) is 112 cm³/mol. The van der Waals surface area contributed by atoms with Crippen LogP contribution < -0.4 is 0 Å². The summed E-state index contributed by atoms with van der Waals surface area (Å²) in [6.07, 6.45) is 2.55. The van der Waals surface area contributed by atoms with Crippen LogP contribution in [-0.2, 0) is 13.1 Å². The second kappa shape index (κ2) is 4.33. The Morgan fingerprint density at radius 2 is 1.20 bits per heavy atom. The van der Waals surface area contributed by atoms with Crippen LogP contribution in [0.4, 0.5) is 0 Å². The lowest BCUT2D eigenvalue weighted by atomic mass is 9.97. The van der Waals surface area contributed by atoms with Crippen molar-refractivity contribution in [1.82, 2.24) is 9.13 Å². The molecule has 2 aliphatic rings. The Morgan fingerprint density at radius 3 is 1.68 bits per heavy atom. The fourth-order valence-corrected chi connectivity index (χ4v) is 9.15. The van der Waals surface area contributed by atoms with E-state index in [2.05, 4.69) is 45.1 Å². The van der Waals surface area contributed by atoms with Gasteiger partial charge in [0.05, 0.1) is 40.9 Å². The zero-order valence-electron chi connectivity index (χ0n) is 14.3. The van der Waals surface area contributed by atoms with Gasteiger partial charge >= 0.3 is 0 Å². The minimum Gasteiger partial charge on any atom is -0.337 e. The Hall–Kier alpha value is -1.30. The fraction of sp³-hybridized carbons (Fsp3) is 0.400. The largest absolute Gasteiger partial charge is 0.337 e. The number of hydrogen-bond donors (Lipinski definition) is 0. The van der Waals surface area contributed by atoms with Crippen molar-refractivity contribution in [2.75, 3.05) is 0 Å². The van der Waals surface area contributed by atoms with E-state index in [1.165, 1.54) is 25.9 Å². The Labute approximate surface area is 157 Å². The van der Waals surface area contributed by atoms with E-state index in [1.807, 2.05) is 22.7 Å². The zero-order valence-corrected chi connectivity index (χ0v) is 16.7. The van der Waals surface area contributed by atoms with Gasteiger partial charge in [-0.15, -0.1) is 34.0 Å². The van der Waals surface area contributed by atoms with E-state index in [0.717, 1.165) is 0 Å². The van der Waals surface area contributed by atoms with Crippen LogP contribution in [0.1, 0.15) is 49.7 Å². The van der Waals surface area contributed by atoms with E-state index >= 15 is 0 Å². The maximum absolute atomic E-state index is 2.67. The molecule has 7 rings (SSSR count). The molecule has 2 nitrogen and oxygen atoms in total. The van der Waals surface area contributed by atoms with Gasteiger partial charge < -0.3 is 9.13 Å². The SMILES string of the molecule is CC1CCn2c3c1csc3c1sc3c4scc5c4n(c3c12)CCC5C. The first kappa shape index (κ1) is 13.8. The molecule has 0 radical (unpaired) electrons. The van der Waals surface area contributed by atoms with Crippen molar-refractivity contribution in [3.05, 3.63) is 21.9 Å². The van der Waals surface area contributed by atoms with Gasteiger partial charge in [0.25, 0.3) is 0 Å². The third-order valence-electron chi connectivity index (χ3n) is 6.57. The summed E-state index contributed by atoms with van der Waals surface area (Å²) in [7, 11) is 0. The Kier molecular flexibility index (Phi) is 2.40. The summed E-state index contributed by atoms with van der Waals surface area (Å²) in [5.41, 5.74) is 9.35. The molecule has 5 aromatic rings. The van der Waals surface area contributed by atoms with Crippen LogP contribution in [-0.4, -0.2) is 9.13 Å². The maximum Gasteiger partial charge on any atom is 0.0858 e. The van der Waals surface area contributed by atoms with Gasteiger partial charge in [0, 0.05) is 13.1 Å². The van der Waals surface area contributed by atoms with Crippen molar-refractivity contribution in [2.24, 2.45) is 0 Å². The molecule has 2 unspecified atom stereocenters. The van der Waals surface area contributed by atoms with Gasteiger partial charge in [-0.05, 0) is 46.6 Å². The van der Waals surface area contributed by atoms with Crippen LogP contribution in [0.2, 0.25) is 0 Å². The first-order valence-corrected chi connectivity index (χ1v) is 11.8. The Bertz CT molecular complexity index is 1230. The topological polar surface area (TPSA) is 9.86 Å². The number of rotatable bonds is 0.